The average molecular weight is 375 g/mol. The second-order valence-corrected chi connectivity index (χ2v) is 6.66. The number of carbonyl (C=O) groups excluding carboxylic acids is 1. The van der Waals surface area contributed by atoms with Crippen LogP contribution in [0.2, 0.25) is 15.1 Å². The molecule has 3 aromatic rings. The fourth-order valence-electron chi connectivity index (χ4n) is 2.00. The molecule has 0 aliphatic heterocycles. The van der Waals surface area contributed by atoms with Crippen LogP contribution in [0.25, 0.3) is 10.1 Å². The zero-order valence-corrected chi connectivity index (χ0v) is 13.9. The number of hydrogen-bond acceptors (Lipinski definition) is 2. The summed E-state index contributed by atoms with van der Waals surface area (Å²) >= 11 is 19.2. The topological polar surface area (TPSA) is 29.1 Å². The van der Waals surface area contributed by atoms with Gasteiger partial charge in [0.1, 0.15) is 4.88 Å². The molecule has 0 saturated carbocycles. The number of nitrogens with one attached hydrogen (secondary N) is 1. The highest BCUT2D eigenvalue weighted by Gasteiger charge is 2.20. The molecular formula is C15H7Cl3FNOS. The van der Waals surface area contributed by atoms with Gasteiger partial charge in [0, 0.05) is 10.1 Å². The summed E-state index contributed by atoms with van der Waals surface area (Å²) in [5, 5.41) is 3.74. The van der Waals surface area contributed by atoms with Crippen LogP contribution >= 0.6 is 46.1 Å². The van der Waals surface area contributed by atoms with E-state index >= 15 is 0 Å². The highest BCUT2D eigenvalue weighted by molar-refractivity contribution is 7.21. The van der Waals surface area contributed by atoms with E-state index in [1.165, 1.54) is 23.5 Å². The Bertz CT molecular complexity index is 894. The molecule has 1 amide bonds. The van der Waals surface area contributed by atoms with Crippen LogP contribution in [-0.2, 0) is 0 Å². The van der Waals surface area contributed by atoms with Gasteiger partial charge in [0.05, 0.1) is 20.8 Å². The van der Waals surface area contributed by atoms with E-state index in [0.717, 1.165) is 4.70 Å². The van der Waals surface area contributed by atoms with E-state index < -0.39 is 11.7 Å². The molecule has 2 aromatic carbocycles. The summed E-state index contributed by atoms with van der Waals surface area (Å²) in [5.41, 5.74) is -0.00267. The number of amides is 1. The lowest BCUT2D eigenvalue weighted by atomic mass is 10.2. The lowest BCUT2D eigenvalue weighted by molar-refractivity contribution is 0.103. The maximum atomic E-state index is 13.8. The lowest BCUT2D eigenvalue weighted by Gasteiger charge is -2.06. The standard InChI is InChI=1S/C15H7Cl3FNOS/c16-7-3-2-6-10-11(7)12(18)14(22-10)15(21)20-9-5-1-4-8(17)13(9)19/h1-6H,(H,20,21). The Morgan fingerprint density at radius 2 is 1.73 bits per heavy atom. The number of benzene rings is 2. The first-order chi connectivity index (χ1) is 10.5. The first-order valence-corrected chi connectivity index (χ1v) is 8.06. The molecule has 7 heteroatoms. The monoisotopic (exact) mass is 373 g/mol. The molecule has 0 saturated heterocycles. The predicted octanol–water partition coefficient (Wildman–Crippen LogP) is 6.25. The summed E-state index contributed by atoms with van der Waals surface area (Å²) < 4.78 is 14.6. The molecule has 22 heavy (non-hydrogen) atoms. The Morgan fingerprint density at radius 3 is 2.45 bits per heavy atom. The number of hydrogen-bond donors (Lipinski definition) is 1. The van der Waals surface area contributed by atoms with Gasteiger partial charge >= 0.3 is 0 Å². The first kappa shape index (κ1) is 15.6. The molecular weight excluding hydrogens is 368 g/mol. The van der Waals surface area contributed by atoms with Gasteiger partial charge in [0.15, 0.2) is 5.82 Å². The van der Waals surface area contributed by atoms with Crippen molar-refractivity contribution in [3.05, 3.63) is 62.2 Å². The maximum absolute atomic E-state index is 13.8. The van der Waals surface area contributed by atoms with Crippen LogP contribution in [0.1, 0.15) is 9.67 Å². The van der Waals surface area contributed by atoms with Crippen molar-refractivity contribution < 1.29 is 9.18 Å². The fourth-order valence-corrected chi connectivity index (χ4v) is 4.02. The van der Waals surface area contributed by atoms with E-state index in [1.54, 1.807) is 18.2 Å². The third-order valence-corrected chi connectivity index (χ3v) is 5.26. The van der Waals surface area contributed by atoms with Gasteiger partial charge in [-0.2, -0.15) is 0 Å². The minimum absolute atomic E-state index is 0.00267. The Labute approximate surface area is 144 Å². The number of carbonyl (C=O) groups is 1. The number of rotatable bonds is 2. The largest absolute Gasteiger partial charge is 0.319 e. The van der Waals surface area contributed by atoms with E-state index in [0.29, 0.717) is 10.4 Å². The molecule has 0 atom stereocenters. The Kier molecular flexibility index (Phi) is 4.28. The van der Waals surface area contributed by atoms with Gasteiger partial charge < -0.3 is 5.32 Å². The number of thiophene rings is 1. The molecule has 1 heterocycles. The normalized spacial score (nSPS) is 10.9. The highest BCUT2D eigenvalue weighted by atomic mass is 35.5. The summed E-state index contributed by atoms with van der Waals surface area (Å²) in [5.74, 6) is -1.20. The van der Waals surface area contributed by atoms with Crippen molar-refractivity contribution in [3.8, 4) is 0 Å². The van der Waals surface area contributed by atoms with Gasteiger partial charge in [-0.1, -0.05) is 46.9 Å². The SMILES string of the molecule is O=C(Nc1cccc(Cl)c1F)c1sc2cccc(Cl)c2c1Cl. The van der Waals surface area contributed by atoms with Crippen molar-refractivity contribution in [1.82, 2.24) is 0 Å². The Hall–Kier alpha value is -1.33. The zero-order chi connectivity index (χ0) is 15.9. The molecule has 0 aliphatic rings. The van der Waals surface area contributed by atoms with Crippen molar-refractivity contribution in [3.63, 3.8) is 0 Å². The van der Waals surface area contributed by atoms with Gasteiger partial charge in [-0.05, 0) is 24.3 Å². The molecule has 0 bridgehead atoms. The summed E-state index contributed by atoms with van der Waals surface area (Å²) in [4.78, 5) is 12.6. The van der Waals surface area contributed by atoms with Crippen molar-refractivity contribution >= 4 is 67.8 Å². The van der Waals surface area contributed by atoms with Gasteiger partial charge in [0.25, 0.3) is 5.91 Å². The van der Waals surface area contributed by atoms with Gasteiger partial charge in [0.2, 0.25) is 0 Å². The zero-order valence-electron chi connectivity index (χ0n) is 10.8. The van der Waals surface area contributed by atoms with Crippen LogP contribution in [0.15, 0.2) is 36.4 Å². The van der Waals surface area contributed by atoms with Gasteiger partial charge in [-0.3, -0.25) is 4.79 Å². The summed E-state index contributed by atoms with van der Waals surface area (Å²) in [6.45, 7) is 0. The van der Waals surface area contributed by atoms with Crippen molar-refractivity contribution in [2.24, 2.45) is 0 Å². The molecule has 112 valence electrons. The van der Waals surface area contributed by atoms with Crippen LogP contribution < -0.4 is 5.32 Å². The third kappa shape index (κ3) is 2.68. The van der Waals surface area contributed by atoms with Crippen molar-refractivity contribution in [2.75, 3.05) is 5.32 Å². The van der Waals surface area contributed by atoms with E-state index in [-0.39, 0.29) is 20.6 Å². The highest BCUT2D eigenvalue weighted by Crippen LogP contribution is 2.39. The van der Waals surface area contributed by atoms with E-state index in [4.69, 9.17) is 34.8 Å². The number of fused-ring (bicyclic) bond motifs is 1. The van der Waals surface area contributed by atoms with E-state index in [9.17, 15) is 9.18 Å². The van der Waals surface area contributed by atoms with E-state index in [1.807, 2.05) is 6.07 Å². The molecule has 0 radical (unpaired) electrons. The molecule has 0 unspecified atom stereocenters. The number of halogens is 4. The Balaban J connectivity index is 2.01. The molecule has 2 nitrogen and oxygen atoms in total. The second-order valence-electron chi connectivity index (χ2n) is 4.41. The first-order valence-electron chi connectivity index (χ1n) is 6.11. The third-order valence-electron chi connectivity index (χ3n) is 3.01. The van der Waals surface area contributed by atoms with Crippen LogP contribution in [-0.4, -0.2) is 5.91 Å². The smallest absolute Gasteiger partial charge is 0.267 e. The quantitative estimate of drug-likeness (QED) is 0.564. The second kappa shape index (κ2) is 6.05. The minimum Gasteiger partial charge on any atom is -0.319 e. The predicted molar refractivity (Wildman–Crippen MR) is 91.2 cm³/mol. The van der Waals surface area contributed by atoms with Crippen LogP contribution in [0.5, 0.6) is 0 Å². The molecule has 1 N–H and O–H groups in total. The van der Waals surface area contributed by atoms with Crippen LogP contribution in [0.4, 0.5) is 10.1 Å². The maximum Gasteiger partial charge on any atom is 0.267 e. The minimum atomic E-state index is -0.687. The van der Waals surface area contributed by atoms with Crippen molar-refractivity contribution in [2.45, 2.75) is 0 Å². The fraction of sp³-hybridized carbons (Fsp3) is 0. The van der Waals surface area contributed by atoms with Gasteiger partial charge in [-0.25, -0.2) is 4.39 Å². The molecule has 3 rings (SSSR count). The molecule has 0 fully saturated rings. The summed E-state index contributed by atoms with van der Waals surface area (Å²) in [7, 11) is 0. The average Bonchev–Trinajstić information content (AvgIpc) is 2.82. The Morgan fingerprint density at radius 1 is 1.05 bits per heavy atom. The molecule has 0 spiro atoms. The van der Waals surface area contributed by atoms with Crippen LogP contribution in [0, 0.1) is 5.82 Å². The molecule has 1 aromatic heterocycles. The summed E-state index contributed by atoms with van der Waals surface area (Å²) in [6.07, 6.45) is 0. The molecule has 0 aliphatic carbocycles. The summed E-state index contributed by atoms with van der Waals surface area (Å²) in [6, 6.07) is 9.65. The number of anilines is 1. The van der Waals surface area contributed by atoms with Gasteiger partial charge in [-0.15, -0.1) is 11.3 Å². The lowest BCUT2D eigenvalue weighted by Crippen LogP contribution is -2.12. The van der Waals surface area contributed by atoms with Crippen LogP contribution in [0.3, 0.4) is 0 Å². The van der Waals surface area contributed by atoms with E-state index in [2.05, 4.69) is 5.32 Å². The van der Waals surface area contributed by atoms with Crippen molar-refractivity contribution in [1.29, 1.82) is 0 Å².